The van der Waals surface area contributed by atoms with Crippen LogP contribution in [0.1, 0.15) is 31.2 Å². The van der Waals surface area contributed by atoms with Crippen molar-refractivity contribution in [2.75, 3.05) is 12.0 Å². The number of anilines is 1. The molecule has 1 aromatic carbocycles. The lowest BCUT2D eigenvalue weighted by Gasteiger charge is -2.30. The van der Waals surface area contributed by atoms with Crippen LogP contribution in [0, 0.1) is 0 Å². The number of thioether (sulfide) groups is 1. The number of carbonyl (C=O) groups excluding carboxylic acids is 1. The predicted octanol–water partition coefficient (Wildman–Crippen LogP) is 3.07. The number of benzene rings is 1. The molecular weight excluding hydrogens is 268 g/mol. The third kappa shape index (κ3) is 4.30. The van der Waals surface area contributed by atoms with Crippen molar-refractivity contribution >= 4 is 29.4 Å². The Balaban J connectivity index is 1.89. The maximum absolute atomic E-state index is 12.0. The van der Waals surface area contributed by atoms with E-state index in [-0.39, 0.29) is 5.91 Å². The molecule has 0 aliphatic heterocycles. The van der Waals surface area contributed by atoms with Gasteiger partial charge in [-0.15, -0.1) is 0 Å². The zero-order valence-electron chi connectivity index (χ0n) is 11.8. The second-order valence-electron chi connectivity index (χ2n) is 5.17. The Morgan fingerprint density at radius 3 is 2.70 bits per heavy atom. The van der Waals surface area contributed by atoms with E-state index in [0.29, 0.717) is 11.3 Å². The van der Waals surface area contributed by atoms with Crippen LogP contribution >= 0.6 is 11.8 Å². The lowest BCUT2D eigenvalue weighted by molar-refractivity contribution is -0.117. The highest BCUT2D eigenvalue weighted by Crippen LogP contribution is 2.27. The second-order valence-corrected chi connectivity index (χ2v) is 6.25. The minimum atomic E-state index is -0.00669. The van der Waals surface area contributed by atoms with Gasteiger partial charge in [0.25, 0.3) is 0 Å². The third-order valence-corrected chi connectivity index (χ3v) is 4.87. The summed E-state index contributed by atoms with van der Waals surface area (Å²) < 4.78 is 0. The van der Waals surface area contributed by atoms with Gasteiger partial charge >= 0.3 is 0 Å². The van der Waals surface area contributed by atoms with E-state index < -0.39 is 0 Å². The van der Waals surface area contributed by atoms with Crippen LogP contribution in [0.2, 0.25) is 0 Å². The Morgan fingerprint density at radius 2 is 2.00 bits per heavy atom. The molecule has 3 N–H and O–H groups in total. The average Bonchev–Trinajstić information content (AvgIpc) is 2.47. The monoisotopic (exact) mass is 290 g/mol. The van der Waals surface area contributed by atoms with E-state index >= 15 is 0 Å². The normalized spacial score (nSPS) is 22.9. The van der Waals surface area contributed by atoms with E-state index in [1.165, 1.54) is 19.3 Å². The lowest BCUT2D eigenvalue weighted by Crippen LogP contribution is -2.43. The van der Waals surface area contributed by atoms with Gasteiger partial charge < -0.3 is 11.1 Å². The van der Waals surface area contributed by atoms with Gasteiger partial charge in [-0.3, -0.25) is 4.79 Å². The Bertz CT molecular complexity index is 470. The van der Waals surface area contributed by atoms with E-state index in [2.05, 4.69) is 11.6 Å². The molecule has 1 fully saturated rings. The molecule has 1 amide bonds. The fourth-order valence-corrected chi connectivity index (χ4v) is 3.49. The van der Waals surface area contributed by atoms with E-state index in [9.17, 15) is 4.79 Å². The molecule has 0 bridgehead atoms. The SMILES string of the molecule is CSC1CCCCC1NC(=O)/C=C/c1ccc(N)cc1. The molecular formula is C16H22N2OS. The van der Waals surface area contributed by atoms with Gasteiger partial charge in [-0.1, -0.05) is 25.0 Å². The minimum absolute atomic E-state index is 0.00669. The highest BCUT2D eigenvalue weighted by Gasteiger charge is 2.24. The number of amides is 1. The van der Waals surface area contributed by atoms with Gasteiger partial charge in [0, 0.05) is 23.1 Å². The number of hydrogen-bond acceptors (Lipinski definition) is 3. The molecule has 3 nitrogen and oxygen atoms in total. The van der Waals surface area contributed by atoms with E-state index in [1.807, 2.05) is 42.1 Å². The van der Waals surface area contributed by atoms with Gasteiger partial charge in [0.2, 0.25) is 5.91 Å². The fraction of sp³-hybridized carbons (Fsp3) is 0.438. The standard InChI is InChI=1S/C16H22N2OS/c1-20-15-5-3-2-4-14(15)18-16(19)11-8-12-6-9-13(17)10-7-12/h6-11,14-15H,2-5,17H2,1H3,(H,18,19)/b11-8+. The molecule has 1 aromatic rings. The first kappa shape index (κ1) is 15.0. The third-order valence-electron chi connectivity index (χ3n) is 3.70. The lowest BCUT2D eigenvalue weighted by atomic mass is 9.95. The summed E-state index contributed by atoms with van der Waals surface area (Å²) in [5, 5.41) is 3.68. The smallest absolute Gasteiger partial charge is 0.244 e. The summed E-state index contributed by atoms with van der Waals surface area (Å²) in [5.74, 6) is -0.00669. The maximum Gasteiger partial charge on any atom is 0.244 e. The van der Waals surface area contributed by atoms with Gasteiger partial charge in [-0.05, 0) is 42.9 Å². The quantitative estimate of drug-likeness (QED) is 0.662. The number of rotatable bonds is 4. The summed E-state index contributed by atoms with van der Waals surface area (Å²) in [6.07, 6.45) is 10.3. The van der Waals surface area contributed by atoms with Crippen LogP contribution in [0.25, 0.3) is 6.08 Å². The van der Waals surface area contributed by atoms with E-state index in [4.69, 9.17) is 5.73 Å². The van der Waals surface area contributed by atoms with Crippen molar-refractivity contribution in [3.8, 4) is 0 Å². The van der Waals surface area contributed by atoms with Crippen molar-refractivity contribution < 1.29 is 4.79 Å². The summed E-state index contributed by atoms with van der Waals surface area (Å²) in [5.41, 5.74) is 7.35. The van der Waals surface area contributed by atoms with E-state index in [0.717, 1.165) is 17.7 Å². The van der Waals surface area contributed by atoms with Crippen LogP contribution in [0.5, 0.6) is 0 Å². The molecule has 0 heterocycles. The summed E-state index contributed by atoms with van der Waals surface area (Å²) in [7, 11) is 0. The van der Waals surface area contributed by atoms with E-state index in [1.54, 1.807) is 6.08 Å². The number of nitrogens with one attached hydrogen (secondary N) is 1. The molecule has 1 aliphatic rings. The van der Waals surface area contributed by atoms with Gasteiger partial charge in [-0.2, -0.15) is 11.8 Å². The number of nitrogen functional groups attached to an aromatic ring is 1. The largest absolute Gasteiger partial charge is 0.399 e. The Hall–Kier alpha value is -1.42. The zero-order chi connectivity index (χ0) is 14.4. The fourth-order valence-electron chi connectivity index (χ4n) is 2.55. The summed E-state index contributed by atoms with van der Waals surface area (Å²) in [4.78, 5) is 12.0. The molecule has 1 aliphatic carbocycles. The van der Waals surface area contributed by atoms with Crippen LogP contribution in [0.3, 0.4) is 0 Å². The molecule has 0 saturated heterocycles. The molecule has 4 heteroatoms. The number of hydrogen-bond donors (Lipinski definition) is 2. The summed E-state index contributed by atoms with van der Waals surface area (Å²) in [6.45, 7) is 0. The summed E-state index contributed by atoms with van der Waals surface area (Å²) in [6, 6.07) is 7.79. The van der Waals surface area contributed by atoms with Gasteiger partial charge in [0.15, 0.2) is 0 Å². The molecule has 0 spiro atoms. The zero-order valence-corrected chi connectivity index (χ0v) is 12.7. The molecule has 2 rings (SSSR count). The van der Waals surface area contributed by atoms with Crippen molar-refractivity contribution in [2.45, 2.75) is 37.0 Å². The highest BCUT2D eigenvalue weighted by molar-refractivity contribution is 7.99. The first-order valence-corrected chi connectivity index (χ1v) is 8.35. The van der Waals surface area contributed by atoms with Crippen LogP contribution in [0.4, 0.5) is 5.69 Å². The van der Waals surface area contributed by atoms with Crippen molar-refractivity contribution in [1.82, 2.24) is 5.32 Å². The Labute approximate surface area is 125 Å². The molecule has 20 heavy (non-hydrogen) atoms. The highest BCUT2D eigenvalue weighted by atomic mass is 32.2. The number of nitrogens with two attached hydrogens (primary N) is 1. The summed E-state index contributed by atoms with van der Waals surface area (Å²) >= 11 is 1.86. The van der Waals surface area contributed by atoms with Crippen molar-refractivity contribution in [3.05, 3.63) is 35.9 Å². The first-order chi connectivity index (χ1) is 9.69. The molecule has 2 unspecified atom stereocenters. The number of carbonyl (C=O) groups is 1. The minimum Gasteiger partial charge on any atom is -0.399 e. The van der Waals surface area contributed by atoms with Crippen LogP contribution in [-0.4, -0.2) is 23.5 Å². The van der Waals surface area contributed by atoms with Crippen LogP contribution < -0.4 is 11.1 Å². The molecule has 108 valence electrons. The average molecular weight is 290 g/mol. The van der Waals surface area contributed by atoms with Gasteiger partial charge in [0.1, 0.15) is 0 Å². The van der Waals surface area contributed by atoms with Gasteiger partial charge in [0.05, 0.1) is 0 Å². The Kier molecular flexibility index (Phi) is 5.53. The Morgan fingerprint density at radius 1 is 1.30 bits per heavy atom. The van der Waals surface area contributed by atoms with Crippen molar-refractivity contribution in [1.29, 1.82) is 0 Å². The van der Waals surface area contributed by atoms with Gasteiger partial charge in [-0.25, -0.2) is 0 Å². The second kappa shape index (κ2) is 7.39. The molecule has 1 saturated carbocycles. The molecule has 0 radical (unpaired) electrons. The first-order valence-electron chi connectivity index (χ1n) is 7.06. The predicted molar refractivity (Wildman–Crippen MR) is 87.6 cm³/mol. The van der Waals surface area contributed by atoms with Crippen LogP contribution in [0.15, 0.2) is 30.3 Å². The van der Waals surface area contributed by atoms with Crippen LogP contribution in [-0.2, 0) is 4.79 Å². The molecule has 2 atom stereocenters. The van der Waals surface area contributed by atoms with Crippen molar-refractivity contribution in [2.24, 2.45) is 0 Å². The molecule has 0 aromatic heterocycles. The van der Waals surface area contributed by atoms with Crippen molar-refractivity contribution in [3.63, 3.8) is 0 Å². The maximum atomic E-state index is 12.0. The topological polar surface area (TPSA) is 55.1 Å².